The summed E-state index contributed by atoms with van der Waals surface area (Å²) in [4.78, 5) is 4.12. The Morgan fingerprint density at radius 1 is 1.25 bits per heavy atom. The average molecular weight is 279 g/mol. The zero-order valence-electron chi connectivity index (χ0n) is 8.77. The second kappa shape index (κ2) is 4.53. The number of ether oxygens (including phenoxy) is 1. The normalized spacial score (nSPS) is 10.1. The molecular weight excluding hydrogens is 268 g/mol. The SMILES string of the molecule is Cc1cccc(Oc2ncccc2Br)c1N. The van der Waals surface area contributed by atoms with E-state index in [0.29, 0.717) is 17.3 Å². The van der Waals surface area contributed by atoms with Gasteiger partial charge in [-0.3, -0.25) is 0 Å². The Labute approximate surface area is 102 Å². The number of halogens is 1. The molecule has 0 bridgehead atoms. The molecule has 0 unspecified atom stereocenters. The highest BCUT2D eigenvalue weighted by molar-refractivity contribution is 9.10. The van der Waals surface area contributed by atoms with Gasteiger partial charge < -0.3 is 10.5 Å². The number of rotatable bonds is 2. The van der Waals surface area contributed by atoms with Gasteiger partial charge in [-0.15, -0.1) is 0 Å². The molecule has 3 nitrogen and oxygen atoms in total. The van der Waals surface area contributed by atoms with Crippen LogP contribution in [0.4, 0.5) is 5.69 Å². The third kappa shape index (κ3) is 2.17. The van der Waals surface area contributed by atoms with Crippen molar-refractivity contribution in [2.24, 2.45) is 0 Å². The van der Waals surface area contributed by atoms with Gasteiger partial charge in [0.1, 0.15) is 0 Å². The Hall–Kier alpha value is -1.55. The zero-order chi connectivity index (χ0) is 11.5. The lowest BCUT2D eigenvalue weighted by Crippen LogP contribution is -1.96. The van der Waals surface area contributed by atoms with E-state index in [1.165, 1.54) is 0 Å². The average Bonchev–Trinajstić information content (AvgIpc) is 2.28. The lowest BCUT2D eigenvalue weighted by atomic mass is 10.2. The maximum absolute atomic E-state index is 5.91. The molecule has 0 atom stereocenters. The van der Waals surface area contributed by atoms with Crippen LogP contribution in [-0.2, 0) is 0 Å². The van der Waals surface area contributed by atoms with E-state index in [9.17, 15) is 0 Å². The van der Waals surface area contributed by atoms with Crippen molar-refractivity contribution in [1.29, 1.82) is 0 Å². The first-order valence-corrected chi connectivity index (χ1v) is 5.61. The number of nitrogens with two attached hydrogens (primary N) is 1. The molecule has 4 heteroatoms. The summed E-state index contributed by atoms with van der Waals surface area (Å²) in [5.74, 6) is 1.14. The van der Waals surface area contributed by atoms with Crippen LogP contribution in [0.2, 0.25) is 0 Å². The van der Waals surface area contributed by atoms with Gasteiger partial charge in [0.05, 0.1) is 10.2 Å². The molecule has 0 aliphatic heterocycles. The first-order valence-electron chi connectivity index (χ1n) is 4.82. The van der Waals surface area contributed by atoms with Crippen LogP contribution >= 0.6 is 15.9 Å². The van der Waals surface area contributed by atoms with E-state index >= 15 is 0 Å². The van der Waals surface area contributed by atoms with Gasteiger partial charge in [0, 0.05) is 6.20 Å². The van der Waals surface area contributed by atoms with Crippen LogP contribution in [0.1, 0.15) is 5.56 Å². The highest BCUT2D eigenvalue weighted by atomic mass is 79.9. The number of aromatic nitrogens is 1. The van der Waals surface area contributed by atoms with Gasteiger partial charge in [-0.2, -0.15) is 0 Å². The molecule has 0 radical (unpaired) electrons. The summed E-state index contributed by atoms with van der Waals surface area (Å²) >= 11 is 3.37. The molecule has 1 aromatic heterocycles. The molecule has 1 heterocycles. The Morgan fingerprint density at radius 2 is 2.06 bits per heavy atom. The topological polar surface area (TPSA) is 48.1 Å². The predicted molar refractivity (Wildman–Crippen MR) is 67.6 cm³/mol. The second-order valence-electron chi connectivity index (χ2n) is 3.38. The molecule has 0 spiro atoms. The van der Waals surface area contributed by atoms with Gasteiger partial charge in [0.15, 0.2) is 5.75 Å². The number of pyridine rings is 1. The number of nitrogen functional groups attached to an aromatic ring is 1. The van der Waals surface area contributed by atoms with E-state index < -0.39 is 0 Å². The molecule has 82 valence electrons. The molecule has 2 aromatic rings. The van der Waals surface area contributed by atoms with E-state index in [4.69, 9.17) is 10.5 Å². The van der Waals surface area contributed by atoms with E-state index in [1.807, 2.05) is 37.3 Å². The Kier molecular flexibility index (Phi) is 3.10. The van der Waals surface area contributed by atoms with Crippen LogP contribution in [0.25, 0.3) is 0 Å². The van der Waals surface area contributed by atoms with E-state index in [0.717, 1.165) is 10.0 Å². The van der Waals surface area contributed by atoms with Crippen LogP contribution < -0.4 is 10.5 Å². The van der Waals surface area contributed by atoms with Gasteiger partial charge in [-0.25, -0.2) is 4.98 Å². The fourth-order valence-corrected chi connectivity index (χ4v) is 1.63. The molecule has 0 aliphatic rings. The number of aryl methyl sites for hydroxylation is 1. The number of hydrogen-bond acceptors (Lipinski definition) is 3. The minimum Gasteiger partial charge on any atom is -0.436 e. The monoisotopic (exact) mass is 278 g/mol. The molecule has 0 saturated carbocycles. The summed E-state index contributed by atoms with van der Waals surface area (Å²) in [6, 6.07) is 9.36. The van der Waals surface area contributed by atoms with Gasteiger partial charge >= 0.3 is 0 Å². The fraction of sp³-hybridized carbons (Fsp3) is 0.0833. The molecule has 0 aliphatic carbocycles. The molecule has 0 amide bonds. The summed E-state index contributed by atoms with van der Waals surface area (Å²) in [5.41, 5.74) is 7.54. The van der Waals surface area contributed by atoms with Crippen LogP contribution in [0.15, 0.2) is 41.0 Å². The van der Waals surface area contributed by atoms with Crippen molar-refractivity contribution in [3.05, 3.63) is 46.6 Å². The summed E-state index contributed by atoms with van der Waals surface area (Å²) in [5, 5.41) is 0. The smallest absolute Gasteiger partial charge is 0.233 e. The second-order valence-corrected chi connectivity index (χ2v) is 4.23. The number of benzene rings is 1. The largest absolute Gasteiger partial charge is 0.436 e. The maximum Gasteiger partial charge on any atom is 0.233 e. The molecule has 1 aromatic carbocycles. The number of hydrogen-bond donors (Lipinski definition) is 1. The predicted octanol–water partition coefficient (Wildman–Crippen LogP) is 3.53. The Balaban J connectivity index is 2.35. The third-order valence-corrected chi connectivity index (χ3v) is 2.82. The minimum absolute atomic E-state index is 0.514. The number of para-hydroxylation sites is 1. The lowest BCUT2D eigenvalue weighted by Gasteiger charge is -2.10. The van der Waals surface area contributed by atoms with Gasteiger partial charge in [0.25, 0.3) is 0 Å². The van der Waals surface area contributed by atoms with Crippen molar-refractivity contribution >= 4 is 21.6 Å². The minimum atomic E-state index is 0.514. The molecule has 16 heavy (non-hydrogen) atoms. The first kappa shape index (κ1) is 11.0. The summed E-state index contributed by atoms with van der Waals surface area (Å²) in [6.45, 7) is 1.94. The van der Waals surface area contributed by atoms with Gasteiger partial charge in [0.2, 0.25) is 5.88 Å². The number of anilines is 1. The number of nitrogens with zero attached hydrogens (tertiary/aromatic N) is 1. The van der Waals surface area contributed by atoms with Crippen molar-refractivity contribution in [2.75, 3.05) is 5.73 Å². The molecular formula is C12H11BrN2O. The van der Waals surface area contributed by atoms with Crippen molar-refractivity contribution in [3.63, 3.8) is 0 Å². The zero-order valence-corrected chi connectivity index (χ0v) is 10.4. The van der Waals surface area contributed by atoms with Crippen molar-refractivity contribution in [3.8, 4) is 11.6 Å². The molecule has 2 N–H and O–H groups in total. The van der Waals surface area contributed by atoms with Gasteiger partial charge in [-0.05, 0) is 46.6 Å². The molecule has 0 saturated heterocycles. The first-order chi connectivity index (χ1) is 7.68. The van der Waals surface area contributed by atoms with Crippen molar-refractivity contribution < 1.29 is 4.74 Å². The summed E-state index contributed by atoms with van der Waals surface area (Å²) in [6.07, 6.45) is 1.67. The van der Waals surface area contributed by atoms with E-state index in [1.54, 1.807) is 6.20 Å². The van der Waals surface area contributed by atoms with Crippen LogP contribution in [0.5, 0.6) is 11.6 Å². The molecule has 0 fully saturated rings. The van der Waals surface area contributed by atoms with Crippen LogP contribution in [0.3, 0.4) is 0 Å². The van der Waals surface area contributed by atoms with Gasteiger partial charge in [-0.1, -0.05) is 12.1 Å². The fourth-order valence-electron chi connectivity index (χ4n) is 1.29. The lowest BCUT2D eigenvalue weighted by molar-refractivity contribution is 0.461. The standard InChI is InChI=1S/C12H11BrN2O/c1-8-4-2-6-10(11(8)14)16-12-9(13)5-3-7-15-12/h2-7H,14H2,1H3. The summed E-state index contributed by atoms with van der Waals surface area (Å²) < 4.78 is 6.44. The third-order valence-electron chi connectivity index (χ3n) is 2.22. The Bertz CT molecular complexity index is 514. The van der Waals surface area contributed by atoms with Crippen LogP contribution in [0, 0.1) is 6.92 Å². The Morgan fingerprint density at radius 3 is 2.81 bits per heavy atom. The molecule has 2 rings (SSSR count). The maximum atomic E-state index is 5.91. The van der Waals surface area contributed by atoms with Crippen molar-refractivity contribution in [1.82, 2.24) is 4.98 Å². The van der Waals surface area contributed by atoms with E-state index in [2.05, 4.69) is 20.9 Å². The highest BCUT2D eigenvalue weighted by Gasteiger charge is 2.07. The van der Waals surface area contributed by atoms with Crippen LogP contribution in [-0.4, -0.2) is 4.98 Å². The van der Waals surface area contributed by atoms with Crippen molar-refractivity contribution in [2.45, 2.75) is 6.92 Å². The van der Waals surface area contributed by atoms with E-state index in [-0.39, 0.29) is 0 Å². The summed E-state index contributed by atoms with van der Waals surface area (Å²) in [7, 11) is 0. The highest BCUT2D eigenvalue weighted by Crippen LogP contribution is 2.31. The quantitative estimate of drug-likeness (QED) is 0.855.